The van der Waals surface area contributed by atoms with Crippen LogP contribution in [-0.4, -0.2) is 50.3 Å². The van der Waals surface area contributed by atoms with Gasteiger partial charge in [-0.1, -0.05) is 20.3 Å². The molecular formula is C12H25NO3. The lowest BCUT2D eigenvalue weighted by molar-refractivity contribution is -0.150. The molecular weight excluding hydrogens is 206 g/mol. The van der Waals surface area contributed by atoms with Gasteiger partial charge in [0.15, 0.2) is 0 Å². The predicted octanol–water partition coefficient (Wildman–Crippen LogP) is 1.69. The highest BCUT2D eigenvalue weighted by Gasteiger charge is 2.24. The van der Waals surface area contributed by atoms with Crippen LogP contribution >= 0.6 is 0 Å². The zero-order valence-electron chi connectivity index (χ0n) is 11.0. The minimum Gasteiger partial charge on any atom is -0.465 e. The number of carbonyl (C=O) groups is 1. The largest absolute Gasteiger partial charge is 0.465 e. The Bertz CT molecular complexity index is 185. The minimum absolute atomic E-state index is 0.109. The van der Waals surface area contributed by atoms with E-state index in [1.54, 1.807) is 7.11 Å². The predicted molar refractivity (Wildman–Crippen MR) is 64.5 cm³/mol. The molecule has 0 amide bonds. The molecule has 1 atom stereocenters. The second-order valence-corrected chi connectivity index (χ2v) is 3.68. The van der Waals surface area contributed by atoms with Gasteiger partial charge in [0.05, 0.1) is 13.2 Å². The average molecular weight is 231 g/mol. The van der Waals surface area contributed by atoms with Gasteiger partial charge >= 0.3 is 5.97 Å². The van der Waals surface area contributed by atoms with Gasteiger partial charge in [0.1, 0.15) is 6.04 Å². The normalized spacial score (nSPS) is 12.8. The number of hydrogen-bond donors (Lipinski definition) is 0. The molecule has 16 heavy (non-hydrogen) atoms. The van der Waals surface area contributed by atoms with Crippen molar-refractivity contribution in [2.24, 2.45) is 0 Å². The van der Waals surface area contributed by atoms with Crippen molar-refractivity contribution in [1.29, 1.82) is 0 Å². The van der Waals surface area contributed by atoms with E-state index in [4.69, 9.17) is 9.47 Å². The summed E-state index contributed by atoms with van der Waals surface area (Å²) in [7, 11) is 1.67. The lowest BCUT2D eigenvalue weighted by Gasteiger charge is -2.28. The molecule has 0 aliphatic heterocycles. The number of hydrogen-bond acceptors (Lipinski definition) is 4. The van der Waals surface area contributed by atoms with Crippen LogP contribution in [0, 0.1) is 0 Å². The Morgan fingerprint density at radius 3 is 2.44 bits per heavy atom. The second kappa shape index (κ2) is 9.60. The maximum absolute atomic E-state index is 11.8. The van der Waals surface area contributed by atoms with E-state index >= 15 is 0 Å². The van der Waals surface area contributed by atoms with Crippen LogP contribution < -0.4 is 0 Å². The van der Waals surface area contributed by atoms with Gasteiger partial charge in [0.2, 0.25) is 0 Å². The van der Waals surface area contributed by atoms with Gasteiger partial charge in [-0.05, 0) is 19.9 Å². The number of methoxy groups -OCH3 is 1. The molecule has 0 spiro atoms. The van der Waals surface area contributed by atoms with Gasteiger partial charge < -0.3 is 9.47 Å². The van der Waals surface area contributed by atoms with E-state index < -0.39 is 0 Å². The quantitative estimate of drug-likeness (QED) is 0.566. The maximum atomic E-state index is 11.8. The van der Waals surface area contributed by atoms with Crippen molar-refractivity contribution in [3.8, 4) is 0 Å². The molecule has 4 heteroatoms. The molecule has 0 heterocycles. The molecule has 0 rings (SSSR count). The highest BCUT2D eigenvalue weighted by Crippen LogP contribution is 2.09. The molecule has 0 aromatic carbocycles. The third-order valence-electron chi connectivity index (χ3n) is 2.55. The number of likely N-dealkylation sites (N-methyl/N-ethyl adjacent to an activating group) is 1. The Hall–Kier alpha value is -0.610. The van der Waals surface area contributed by atoms with Crippen LogP contribution in [0.4, 0.5) is 0 Å². The van der Waals surface area contributed by atoms with Gasteiger partial charge in [-0.15, -0.1) is 0 Å². The molecule has 96 valence electrons. The summed E-state index contributed by atoms with van der Waals surface area (Å²) in [5.41, 5.74) is 0. The van der Waals surface area contributed by atoms with Crippen LogP contribution in [-0.2, 0) is 14.3 Å². The number of rotatable bonds is 9. The number of ether oxygens (including phenoxy) is 2. The topological polar surface area (TPSA) is 38.8 Å². The molecule has 0 fully saturated rings. The highest BCUT2D eigenvalue weighted by atomic mass is 16.5. The van der Waals surface area contributed by atoms with Crippen LogP contribution in [0.2, 0.25) is 0 Å². The zero-order valence-corrected chi connectivity index (χ0v) is 11.0. The lowest BCUT2D eigenvalue weighted by Crippen LogP contribution is -2.43. The molecule has 0 aromatic heterocycles. The molecule has 0 saturated carbocycles. The zero-order chi connectivity index (χ0) is 12.4. The molecule has 0 aliphatic rings. The van der Waals surface area contributed by atoms with E-state index in [9.17, 15) is 4.79 Å². The Labute approximate surface area is 98.9 Å². The number of esters is 1. The smallest absolute Gasteiger partial charge is 0.323 e. The summed E-state index contributed by atoms with van der Waals surface area (Å²) in [5, 5.41) is 0. The van der Waals surface area contributed by atoms with Crippen LogP contribution in [0.15, 0.2) is 0 Å². The van der Waals surface area contributed by atoms with E-state index in [2.05, 4.69) is 18.7 Å². The summed E-state index contributed by atoms with van der Waals surface area (Å²) in [6.07, 6.45) is 1.82. The van der Waals surface area contributed by atoms with E-state index in [1.807, 2.05) is 6.92 Å². The van der Waals surface area contributed by atoms with Crippen molar-refractivity contribution in [3.63, 3.8) is 0 Å². The van der Waals surface area contributed by atoms with Crippen LogP contribution in [0.5, 0.6) is 0 Å². The summed E-state index contributed by atoms with van der Waals surface area (Å²) < 4.78 is 10.1. The number of nitrogens with zero attached hydrogens (tertiary/aromatic N) is 1. The van der Waals surface area contributed by atoms with E-state index in [0.717, 1.165) is 25.9 Å². The van der Waals surface area contributed by atoms with Crippen LogP contribution in [0.3, 0.4) is 0 Å². The Morgan fingerprint density at radius 1 is 1.31 bits per heavy atom. The molecule has 0 N–H and O–H groups in total. The van der Waals surface area contributed by atoms with E-state index in [1.165, 1.54) is 0 Å². The Balaban J connectivity index is 4.38. The standard InChI is InChI=1S/C12H25NO3/c1-5-8-11(12(14)16-7-3)13(6-2)9-10-15-4/h11H,5-10H2,1-4H3. The lowest BCUT2D eigenvalue weighted by atomic mass is 10.1. The fourth-order valence-corrected chi connectivity index (χ4v) is 1.70. The van der Waals surface area contributed by atoms with Crippen molar-refractivity contribution in [1.82, 2.24) is 4.90 Å². The molecule has 4 nitrogen and oxygen atoms in total. The molecule has 0 aliphatic carbocycles. The third-order valence-corrected chi connectivity index (χ3v) is 2.55. The van der Waals surface area contributed by atoms with E-state index in [0.29, 0.717) is 13.2 Å². The van der Waals surface area contributed by atoms with E-state index in [-0.39, 0.29) is 12.0 Å². The van der Waals surface area contributed by atoms with Crippen molar-refractivity contribution >= 4 is 5.97 Å². The van der Waals surface area contributed by atoms with Crippen molar-refractivity contribution in [2.75, 3.05) is 33.4 Å². The monoisotopic (exact) mass is 231 g/mol. The number of carbonyl (C=O) groups excluding carboxylic acids is 1. The summed E-state index contributed by atoms with van der Waals surface area (Å²) in [6.45, 7) is 8.68. The summed E-state index contributed by atoms with van der Waals surface area (Å²) in [6, 6.07) is -0.120. The summed E-state index contributed by atoms with van der Waals surface area (Å²) in [4.78, 5) is 13.9. The van der Waals surface area contributed by atoms with Gasteiger partial charge in [-0.2, -0.15) is 0 Å². The summed E-state index contributed by atoms with van der Waals surface area (Å²) in [5.74, 6) is -0.109. The average Bonchev–Trinajstić information content (AvgIpc) is 2.28. The van der Waals surface area contributed by atoms with Gasteiger partial charge in [-0.25, -0.2) is 0 Å². The van der Waals surface area contributed by atoms with Crippen LogP contribution in [0.1, 0.15) is 33.6 Å². The van der Waals surface area contributed by atoms with Gasteiger partial charge in [0, 0.05) is 13.7 Å². The van der Waals surface area contributed by atoms with Crippen molar-refractivity contribution < 1.29 is 14.3 Å². The Morgan fingerprint density at radius 2 is 2.00 bits per heavy atom. The molecule has 1 unspecified atom stereocenters. The molecule has 0 saturated heterocycles. The van der Waals surface area contributed by atoms with Gasteiger partial charge in [-0.3, -0.25) is 9.69 Å². The summed E-state index contributed by atoms with van der Waals surface area (Å²) >= 11 is 0. The first-order chi connectivity index (χ1) is 7.71. The SMILES string of the molecule is CCCC(C(=O)OCC)N(CC)CCOC. The first-order valence-electron chi connectivity index (χ1n) is 6.10. The highest BCUT2D eigenvalue weighted by molar-refractivity contribution is 5.75. The fraction of sp³-hybridized carbons (Fsp3) is 0.917. The van der Waals surface area contributed by atoms with Crippen LogP contribution in [0.25, 0.3) is 0 Å². The molecule has 0 bridgehead atoms. The first-order valence-corrected chi connectivity index (χ1v) is 6.10. The fourth-order valence-electron chi connectivity index (χ4n) is 1.70. The third kappa shape index (κ3) is 5.47. The maximum Gasteiger partial charge on any atom is 0.323 e. The molecule has 0 aromatic rings. The van der Waals surface area contributed by atoms with Crippen molar-refractivity contribution in [3.05, 3.63) is 0 Å². The molecule has 0 radical (unpaired) electrons. The second-order valence-electron chi connectivity index (χ2n) is 3.68. The van der Waals surface area contributed by atoms with Crippen molar-refractivity contribution in [2.45, 2.75) is 39.7 Å². The first kappa shape index (κ1) is 15.4. The minimum atomic E-state index is -0.120. The Kier molecular flexibility index (Phi) is 9.24. The van der Waals surface area contributed by atoms with Gasteiger partial charge in [0.25, 0.3) is 0 Å².